The molecule has 0 bridgehead atoms. The minimum Gasteiger partial charge on any atom is -0.383 e. The Labute approximate surface area is 187 Å². The normalized spacial score (nSPS) is 19.0. The Kier molecular flexibility index (Phi) is 7.78. The maximum Gasteiger partial charge on any atom is 0.130 e. The zero-order chi connectivity index (χ0) is 21.7. The molecule has 1 aliphatic heterocycles. The van der Waals surface area contributed by atoms with E-state index in [0.717, 1.165) is 48.8 Å². The fourth-order valence-electron chi connectivity index (χ4n) is 4.26. The molecule has 0 aromatic heterocycles. The molecule has 5 nitrogen and oxygen atoms in total. The second-order valence-electron chi connectivity index (χ2n) is 8.14. The van der Waals surface area contributed by atoms with Gasteiger partial charge in [0.1, 0.15) is 23.6 Å². The fourth-order valence-corrected chi connectivity index (χ4v) is 4.40. The second-order valence-corrected chi connectivity index (χ2v) is 8.59. The Bertz CT molecular complexity index is 773. The first kappa shape index (κ1) is 22.6. The van der Waals surface area contributed by atoms with E-state index in [4.69, 9.17) is 10.5 Å². The average Bonchev–Trinajstić information content (AvgIpc) is 3.25. The molecule has 0 radical (unpaired) electrons. The van der Waals surface area contributed by atoms with Gasteiger partial charge in [0.05, 0.1) is 11.8 Å². The Morgan fingerprint density at radius 3 is 2.53 bits per heavy atom. The van der Waals surface area contributed by atoms with Crippen molar-refractivity contribution in [3.05, 3.63) is 72.1 Å². The minimum atomic E-state index is -0.120. The van der Waals surface area contributed by atoms with Crippen LogP contribution in [-0.4, -0.2) is 46.4 Å². The summed E-state index contributed by atoms with van der Waals surface area (Å²) in [6.07, 6.45) is 5.87. The predicted octanol–water partition coefficient (Wildman–Crippen LogP) is 4.47. The number of rotatable bonds is 9. The van der Waals surface area contributed by atoms with Crippen LogP contribution in [0.3, 0.4) is 0 Å². The van der Waals surface area contributed by atoms with Gasteiger partial charge in [0.2, 0.25) is 0 Å². The maximum atomic E-state index is 6.64. The summed E-state index contributed by atoms with van der Waals surface area (Å²) in [6.45, 7) is 12.3. The molecule has 1 unspecified atom stereocenters. The summed E-state index contributed by atoms with van der Waals surface area (Å²) < 4.78 is 6.50. The third-order valence-corrected chi connectivity index (χ3v) is 6.37. The lowest BCUT2D eigenvalue weighted by atomic mass is 10.1. The summed E-state index contributed by atoms with van der Waals surface area (Å²) in [7, 11) is 1.96. The van der Waals surface area contributed by atoms with E-state index < -0.39 is 0 Å². The molecule has 1 aliphatic carbocycles. The molecule has 1 aromatic rings. The van der Waals surface area contributed by atoms with E-state index in [1.807, 2.05) is 18.0 Å². The van der Waals surface area contributed by atoms with Crippen molar-refractivity contribution in [3.8, 4) is 0 Å². The zero-order valence-corrected chi connectivity index (χ0v) is 19.3. The lowest BCUT2D eigenvalue weighted by Gasteiger charge is -2.45. The first-order valence-corrected chi connectivity index (χ1v) is 11.5. The third kappa shape index (κ3) is 4.98. The minimum absolute atomic E-state index is 0.120. The predicted molar refractivity (Wildman–Crippen MR) is 127 cm³/mol. The van der Waals surface area contributed by atoms with Crippen LogP contribution in [0, 0.1) is 0 Å². The topological polar surface area (TPSA) is 45.0 Å². The molecule has 2 aliphatic rings. The van der Waals surface area contributed by atoms with Gasteiger partial charge in [0, 0.05) is 20.1 Å². The Hall–Kier alpha value is -2.05. The van der Waals surface area contributed by atoms with E-state index in [1.165, 1.54) is 18.4 Å². The van der Waals surface area contributed by atoms with Gasteiger partial charge in [-0.05, 0) is 37.5 Å². The Balaban J connectivity index is 1.94. The van der Waals surface area contributed by atoms with Crippen LogP contribution in [0.4, 0.5) is 0 Å². The summed E-state index contributed by atoms with van der Waals surface area (Å²) in [4.78, 5) is 6.34. The van der Waals surface area contributed by atoms with Crippen LogP contribution in [0.5, 0.6) is 0 Å². The van der Waals surface area contributed by atoms with E-state index in [2.05, 4.69) is 66.8 Å². The van der Waals surface area contributed by atoms with Crippen molar-refractivity contribution in [1.29, 1.82) is 0 Å². The van der Waals surface area contributed by atoms with Crippen LogP contribution in [-0.2, 0) is 11.3 Å². The number of hydrogen-bond donors (Lipinski definition) is 2. The zero-order valence-electron chi connectivity index (χ0n) is 18.4. The summed E-state index contributed by atoms with van der Waals surface area (Å²) in [5.41, 5.74) is 9.64. The first-order valence-electron chi connectivity index (χ1n) is 10.9. The van der Waals surface area contributed by atoms with Crippen LogP contribution in [0.25, 0.3) is 0 Å². The molecule has 164 valence electrons. The lowest BCUT2D eigenvalue weighted by Crippen LogP contribution is -2.47. The van der Waals surface area contributed by atoms with Crippen molar-refractivity contribution in [2.45, 2.75) is 57.9 Å². The molecule has 30 heavy (non-hydrogen) atoms. The van der Waals surface area contributed by atoms with Crippen LogP contribution in [0.15, 0.2) is 66.5 Å². The number of thiol groups is 1. The van der Waals surface area contributed by atoms with Crippen LogP contribution >= 0.6 is 12.6 Å². The molecular weight excluding hydrogens is 392 g/mol. The third-order valence-electron chi connectivity index (χ3n) is 6.06. The van der Waals surface area contributed by atoms with E-state index in [-0.39, 0.29) is 6.23 Å². The quantitative estimate of drug-likeness (QED) is 0.449. The van der Waals surface area contributed by atoms with Crippen molar-refractivity contribution < 1.29 is 4.74 Å². The van der Waals surface area contributed by atoms with Gasteiger partial charge in [-0.25, -0.2) is 0 Å². The molecule has 1 atom stereocenters. The Morgan fingerprint density at radius 1 is 1.23 bits per heavy atom. The Morgan fingerprint density at radius 2 is 1.90 bits per heavy atom. The van der Waals surface area contributed by atoms with E-state index in [1.54, 1.807) is 0 Å². The molecule has 0 spiro atoms. The summed E-state index contributed by atoms with van der Waals surface area (Å²) >= 11 is 4.38. The molecular formula is C24H36N4OS. The lowest BCUT2D eigenvalue weighted by molar-refractivity contribution is -0.0779. The SMILES string of the molecule is C=C1C(N(Cc2ccccc2)C(C)OC2CCCC2)=C(N)N(C)C(=C)N1CCCS. The van der Waals surface area contributed by atoms with Gasteiger partial charge in [-0.1, -0.05) is 56.3 Å². The van der Waals surface area contributed by atoms with Crippen molar-refractivity contribution in [2.24, 2.45) is 5.73 Å². The van der Waals surface area contributed by atoms with Gasteiger partial charge in [-0.15, -0.1) is 0 Å². The highest BCUT2D eigenvalue weighted by molar-refractivity contribution is 7.80. The van der Waals surface area contributed by atoms with Gasteiger partial charge in [0.25, 0.3) is 0 Å². The molecule has 3 rings (SSSR count). The molecule has 0 saturated heterocycles. The van der Waals surface area contributed by atoms with Crippen molar-refractivity contribution >= 4 is 12.6 Å². The molecule has 6 heteroatoms. The smallest absolute Gasteiger partial charge is 0.130 e. The van der Waals surface area contributed by atoms with Crippen molar-refractivity contribution in [3.63, 3.8) is 0 Å². The highest BCUT2D eigenvalue weighted by Crippen LogP contribution is 2.35. The number of nitrogens with two attached hydrogens (primary N) is 1. The summed E-state index contributed by atoms with van der Waals surface area (Å²) in [6, 6.07) is 10.4. The molecule has 0 amide bonds. The van der Waals surface area contributed by atoms with Crippen molar-refractivity contribution in [1.82, 2.24) is 14.7 Å². The highest BCUT2D eigenvalue weighted by atomic mass is 32.1. The fraction of sp³-hybridized carbons (Fsp3) is 0.500. The molecule has 1 fully saturated rings. The van der Waals surface area contributed by atoms with E-state index in [0.29, 0.717) is 18.5 Å². The van der Waals surface area contributed by atoms with Crippen molar-refractivity contribution in [2.75, 3.05) is 19.3 Å². The van der Waals surface area contributed by atoms with E-state index >= 15 is 0 Å². The first-order chi connectivity index (χ1) is 14.4. The van der Waals surface area contributed by atoms with Gasteiger partial charge in [0.15, 0.2) is 0 Å². The number of benzene rings is 1. The molecule has 1 heterocycles. The van der Waals surface area contributed by atoms with Gasteiger partial charge < -0.3 is 25.2 Å². The van der Waals surface area contributed by atoms with Crippen LogP contribution in [0.1, 0.15) is 44.6 Å². The number of hydrogen-bond acceptors (Lipinski definition) is 6. The number of nitrogens with zero attached hydrogens (tertiary/aromatic N) is 3. The maximum absolute atomic E-state index is 6.64. The van der Waals surface area contributed by atoms with E-state index in [9.17, 15) is 0 Å². The largest absolute Gasteiger partial charge is 0.383 e. The summed E-state index contributed by atoms with van der Waals surface area (Å²) in [5.74, 6) is 2.31. The van der Waals surface area contributed by atoms with Gasteiger partial charge in [-0.2, -0.15) is 12.6 Å². The number of ether oxygens (including phenoxy) is 1. The molecule has 1 saturated carbocycles. The highest BCUT2D eigenvalue weighted by Gasteiger charge is 2.34. The second kappa shape index (κ2) is 10.3. The monoisotopic (exact) mass is 428 g/mol. The van der Waals surface area contributed by atoms with Crippen LogP contribution in [0.2, 0.25) is 0 Å². The average molecular weight is 429 g/mol. The standard InChI is InChI=1S/C24H36N4OS/c1-18-23(24(25)26(4)19(2)27(18)15-10-16-30)28(17-21-11-6-5-7-12-21)20(3)29-22-13-8-9-14-22/h5-7,11-12,20,22,30H,1-2,8-10,13-17,25H2,3-4H3. The summed E-state index contributed by atoms with van der Waals surface area (Å²) in [5, 5.41) is 0. The van der Waals surface area contributed by atoms with Gasteiger partial charge >= 0.3 is 0 Å². The van der Waals surface area contributed by atoms with Gasteiger partial charge in [-0.3, -0.25) is 0 Å². The van der Waals surface area contributed by atoms with Crippen LogP contribution < -0.4 is 5.73 Å². The molecule has 1 aromatic carbocycles. The molecule has 2 N–H and O–H groups in total.